The van der Waals surface area contributed by atoms with Gasteiger partial charge in [0.1, 0.15) is 12.4 Å². The zero-order valence-electron chi connectivity index (χ0n) is 20.3. The standard InChI is InChI=1S/C26H25N7O3S/c1-3-35-21-12-18-19(13-22(21)36-4-2)30-23(14-33-10-6-9-28-33)32-25(18)29-17-8-5-7-16(11-17)20-15-37-26(31-20)24(27)34/h5-13,15H,3-4,14H2,1-2H3,(H2,27,34)(H,29,30,32). The molecular weight excluding hydrogens is 490 g/mol. The zero-order valence-corrected chi connectivity index (χ0v) is 21.2. The predicted octanol–water partition coefficient (Wildman–Crippen LogP) is 4.64. The van der Waals surface area contributed by atoms with Gasteiger partial charge in [-0.25, -0.2) is 15.0 Å². The van der Waals surface area contributed by atoms with E-state index in [0.29, 0.717) is 54.1 Å². The molecule has 5 aromatic rings. The topological polar surface area (TPSA) is 130 Å². The summed E-state index contributed by atoms with van der Waals surface area (Å²) in [5, 5.41) is 10.6. The highest BCUT2D eigenvalue weighted by Crippen LogP contribution is 2.36. The lowest BCUT2D eigenvalue weighted by atomic mass is 10.1. The van der Waals surface area contributed by atoms with Crippen molar-refractivity contribution in [2.24, 2.45) is 5.73 Å². The Morgan fingerprint density at radius 2 is 1.86 bits per heavy atom. The molecule has 37 heavy (non-hydrogen) atoms. The van der Waals surface area contributed by atoms with Crippen LogP contribution in [0.5, 0.6) is 11.5 Å². The Morgan fingerprint density at radius 3 is 2.57 bits per heavy atom. The molecule has 0 saturated heterocycles. The molecule has 0 saturated carbocycles. The molecule has 2 aromatic carbocycles. The molecule has 0 aliphatic rings. The smallest absolute Gasteiger partial charge is 0.277 e. The molecule has 0 atom stereocenters. The van der Waals surface area contributed by atoms with Crippen LogP contribution in [0.3, 0.4) is 0 Å². The molecule has 11 heteroatoms. The second-order valence-electron chi connectivity index (χ2n) is 7.98. The Kier molecular flexibility index (Phi) is 6.95. The van der Waals surface area contributed by atoms with Gasteiger partial charge in [-0.15, -0.1) is 11.3 Å². The van der Waals surface area contributed by atoms with Gasteiger partial charge in [-0.2, -0.15) is 5.10 Å². The normalized spacial score (nSPS) is 11.0. The van der Waals surface area contributed by atoms with Gasteiger partial charge >= 0.3 is 0 Å². The number of carbonyl (C=O) groups excluding carboxylic acids is 1. The van der Waals surface area contributed by atoms with Gasteiger partial charge in [0.15, 0.2) is 22.3 Å². The molecule has 10 nitrogen and oxygen atoms in total. The number of benzene rings is 2. The molecule has 3 N–H and O–H groups in total. The minimum atomic E-state index is -0.542. The van der Waals surface area contributed by atoms with Crippen LogP contribution in [0.1, 0.15) is 29.5 Å². The second-order valence-corrected chi connectivity index (χ2v) is 8.84. The van der Waals surface area contributed by atoms with Crippen molar-refractivity contribution in [3.05, 3.63) is 71.1 Å². The van der Waals surface area contributed by atoms with Gasteiger partial charge in [-0.3, -0.25) is 9.48 Å². The van der Waals surface area contributed by atoms with E-state index in [1.807, 2.05) is 67.9 Å². The van der Waals surface area contributed by atoms with Crippen molar-refractivity contribution in [2.75, 3.05) is 18.5 Å². The molecule has 5 rings (SSSR count). The van der Waals surface area contributed by atoms with Crippen molar-refractivity contribution in [1.29, 1.82) is 0 Å². The monoisotopic (exact) mass is 515 g/mol. The summed E-state index contributed by atoms with van der Waals surface area (Å²) in [5.41, 5.74) is 8.40. The highest BCUT2D eigenvalue weighted by molar-refractivity contribution is 7.12. The summed E-state index contributed by atoms with van der Waals surface area (Å²) in [6, 6.07) is 13.3. The van der Waals surface area contributed by atoms with Crippen LogP contribution in [-0.2, 0) is 6.54 Å². The van der Waals surface area contributed by atoms with Crippen LogP contribution in [-0.4, -0.2) is 43.9 Å². The fraction of sp³-hybridized carbons (Fsp3) is 0.192. The highest BCUT2D eigenvalue weighted by atomic mass is 32.1. The molecule has 0 fully saturated rings. The van der Waals surface area contributed by atoms with E-state index >= 15 is 0 Å². The third kappa shape index (κ3) is 5.36. The third-order valence-electron chi connectivity index (χ3n) is 5.41. The summed E-state index contributed by atoms with van der Waals surface area (Å²) in [6.07, 6.45) is 3.58. The molecule has 0 aliphatic carbocycles. The molecule has 1 amide bonds. The number of anilines is 2. The minimum Gasteiger partial charge on any atom is -0.490 e. The van der Waals surface area contributed by atoms with Crippen LogP contribution in [0, 0.1) is 0 Å². The molecule has 0 aliphatic heterocycles. The number of nitrogens with zero attached hydrogens (tertiary/aromatic N) is 5. The fourth-order valence-corrected chi connectivity index (χ4v) is 4.52. The Labute approximate surface area is 217 Å². The van der Waals surface area contributed by atoms with Crippen LogP contribution in [0.15, 0.2) is 60.2 Å². The maximum atomic E-state index is 11.5. The Morgan fingerprint density at radius 1 is 1.05 bits per heavy atom. The van der Waals surface area contributed by atoms with Crippen LogP contribution < -0.4 is 20.5 Å². The molecule has 0 spiro atoms. The summed E-state index contributed by atoms with van der Waals surface area (Å²) in [7, 11) is 0. The molecular formula is C26H25N7O3S. The molecule has 3 aromatic heterocycles. The molecule has 3 heterocycles. The number of carbonyl (C=O) groups is 1. The number of nitrogens with two attached hydrogens (primary N) is 1. The lowest BCUT2D eigenvalue weighted by molar-refractivity contribution is 0.1000. The SMILES string of the molecule is CCOc1cc2nc(Cn3cccn3)nc(Nc3cccc(-c4csc(C(N)=O)n4)c3)c2cc1OCC. The number of primary amides is 1. The molecule has 0 radical (unpaired) electrons. The van der Waals surface area contributed by atoms with Crippen LogP contribution >= 0.6 is 11.3 Å². The number of aromatic nitrogens is 5. The average Bonchev–Trinajstić information content (AvgIpc) is 3.58. The molecule has 0 bridgehead atoms. The number of amides is 1. The highest BCUT2D eigenvalue weighted by Gasteiger charge is 2.16. The van der Waals surface area contributed by atoms with E-state index in [4.69, 9.17) is 25.2 Å². The summed E-state index contributed by atoms with van der Waals surface area (Å²) >= 11 is 1.22. The summed E-state index contributed by atoms with van der Waals surface area (Å²) < 4.78 is 13.4. The van der Waals surface area contributed by atoms with E-state index in [-0.39, 0.29) is 5.01 Å². The van der Waals surface area contributed by atoms with Gasteiger partial charge in [0, 0.05) is 40.5 Å². The number of hydrogen-bond acceptors (Lipinski definition) is 9. The van der Waals surface area contributed by atoms with E-state index < -0.39 is 5.91 Å². The summed E-state index contributed by atoms with van der Waals surface area (Å²) in [4.78, 5) is 25.4. The molecule has 188 valence electrons. The predicted molar refractivity (Wildman–Crippen MR) is 143 cm³/mol. The van der Waals surface area contributed by atoms with E-state index in [2.05, 4.69) is 15.4 Å². The minimum absolute atomic E-state index is 0.270. The first-order chi connectivity index (χ1) is 18.0. The maximum Gasteiger partial charge on any atom is 0.277 e. The third-order valence-corrected chi connectivity index (χ3v) is 6.26. The van der Waals surface area contributed by atoms with Crippen molar-refractivity contribution < 1.29 is 14.3 Å². The van der Waals surface area contributed by atoms with Crippen LogP contribution in [0.4, 0.5) is 11.5 Å². The van der Waals surface area contributed by atoms with E-state index in [1.165, 1.54) is 11.3 Å². The number of hydrogen-bond donors (Lipinski definition) is 2. The lowest BCUT2D eigenvalue weighted by Gasteiger charge is -2.15. The first-order valence-corrected chi connectivity index (χ1v) is 12.6. The van der Waals surface area contributed by atoms with E-state index in [0.717, 1.165) is 16.6 Å². The quantitative estimate of drug-likeness (QED) is 0.275. The van der Waals surface area contributed by atoms with Crippen molar-refractivity contribution >= 4 is 39.7 Å². The Bertz CT molecular complexity index is 1550. The first-order valence-electron chi connectivity index (χ1n) is 11.7. The van der Waals surface area contributed by atoms with Crippen molar-refractivity contribution in [3.63, 3.8) is 0 Å². The van der Waals surface area contributed by atoms with Gasteiger partial charge in [0.2, 0.25) is 0 Å². The maximum absolute atomic E-state index is 11.5. The average molecular weight is 516 g/mol. The number of nitrogens with one attached hydrogen (secondary N) is 1. The number of ether oxygens (including phenoxy) is 2. The van der Waals surface area contributed by atoms with Crippen LogP contribution in [0.2, 0.25) is 0 Å². The van der Waals surface area contributed by atoms with Crippen LogP contribution in [0.25, 0.3) is 22.2 Å². The van der Waals surface area contributed by atoms with Gasteiger partial charge in [-0.05, 0) is 38.1 Å². The second kappa shape index (κ2) is 10.6. The number of fused-ring (bicyclic) bond motifs is 1. The largest absolute Gasteiger partial charge is 0.490 e. The number of thiazole rings is 1. The summed E-state index contributed by atoms with van der Waals surface area (Å²) in [5.74, 6) is 1.91. The van der Waals surface area contributed by atoms with Gasteiger partial charge in [-0.1, -0.05) is 12.1 Å². The van der Waals surface area contributed by atoms with Gasteiger partial charge < -0.3 is 20.5 Å². The van der Waals surface area contributed by atoms with Gasteiger partial charge in [0.25, 0.3) is 5.91 Å². The fourth-order valence-electron chi connectivity index (χ4n) is 3.84. The Hall–Kier alpha value is -4.51. The van der Waals surface area contributed by atoms with E-state index in [1.54, 1.807) is 10.9 Å². The lowest BCUT2D eigenvalue weighted by Crippen LogP contribution is -2.10. The van der Waals surface area contributed by atoms with Crippen molar-refractivity contribution in [3.8, 4) is 22.8 Å². The Balaban J connectivity index is 1.57. The zero-order chi connectivity index (χ0) is 25.8. The van der Waals surface area contributed by atoms with Crippen molar-refractivity contribution in [1.82, 2.24) is 24.7 Å². The summed E-state index contributed by atoms with van der Waals surface area (Å²) in [6.45, 7) is 5.26. The number of rotatable bonds is 10. The van der Waals surface area contributed by atoms with Crippen molar-refractivity contribution in [2.45, 2.75) is 20.4 Å². The first kappa shape index (κ1) is 24.2. The molecule has 0 unspecified atom stereocenters. The van der Waals surface area contributed by atoms with Gasteiger partial charge in [0.05, 0.1) is 24.4 Å². The van der Waals surface area contributed by atoms with E-state index in [9.17, 15) is 4.79 Å².